The summed E-state index contributed by atoms with van der Waals surface area (Å²) in [5.74, 6) is 1.89. The van der Waals surface area contributed by atoms with Crippen molar-refractivity contribution in [1.29, 1.82) is 0 Å². The fourth-order valence-electron chi connectivity index (χ4n) is 4.58. The number of unbranched alkanes of at least 4 members (excludes halogenated alkanes) is 6. The Bertz CT molecular complexity index is 716. The molecule has 158 valence electrons. The van der Waals surface area contributed by atoms with Crippen molar-refractivity contribution in [2.75, 3.05) is 6.61 Å². The van der Waals surface area contributed by atoms with Crippen LogP contribution in [0.5, 0.6) is 5.75 Å². The Morgan fingerprint density at radius 2 is 1.48 bits per heavy atom. The third-order valence-electron chi connectivity index (χ3n) is 6.46. The fraction of sp³-hybridized carbons (Fsp3) is 0.571. The largest absolute Gasteiger partial charge is 0.494 e. The molecule has 0 heterocycles. The van der Waals surface area contributed by atoms with Crippen LogP contribution in [0.1, 0.15) is 89.2 Å². The van der Waals surface area contributed by atoms with E-state index in [1.807, 2.05) is 0 Å². The van der Waals surface area contributed by atoms with E-state index in [0.717, 1.165) is 24.7 Å². The third-order valence-corrected chi connectivity index (χ3v) is 6.46. The first-order valence-corrected chi connectivity index (χ1v) is 12.1. The predicted octanol–water partition coefficient (Wildman–Crippen LogP) is 8.39. The summed E-state index contributed by atoms with van der Waals surface area (Å²) in [6, 6.07) is 15.8. The molecule has 0 bridgehead atoms. The molecule has 0 N–H and O–H groups in total. The zero-order valence-electron chi connectivity index (χ0n) is 18.7. The number of hydrogen-bond acceptors (Lipinski definition) is 1. The lowest BCUT2D eigenvalue weighted by molar-refractivity contribution is 0.306. The number of ether oxygens (including phenoxy) is 1. The van der Waals surface area contributed by atoms with E-state index in [1.165, 1.54) is 81.8 Å². The molecule has 1 atom stereocenters. The molecule has 0 saturated heterocycles. The lowest BCUT2D eigenvalue weighted by Gasteiger charge is -2.25. The van der Waals surface area contributed by atoms with Gasteiger partial charge in [0.2, 0.25) is 0 Å². The van der Waals surface area contributed by atoms with Gasteiger partial charge in [0.15, 0.2) is 0 Å². The van der Waals surface area contributed by atoms with Gasteiger partial charge in [-0.3, -0.25) is 0 Å². The van der Waals surface area contributed by atoms with Gasteiger partial charge in [0.05, 0.1) is 6.61 Å². The average Bonchev–Trinajstić information content (AvgIpc) is 2.76. The molecule has 0 amide bonds. The Labute approximate surface area is 178 Å². The highest BCUT2D eigenvalue weighted by atomic mass is 16.5. The van der Waals surface area contributed by atoms with E-state index in [0.29, 0.717) is 0 Å². The molecule has 1 aliphatic rings. The van der Waals surface area contributed by atoms with E-state index in [9.17, 15) is 0 Å². The molecule has 0 saturated carbocycles. The van der Waals surface area contributed by atoms with E-state index in [2.05, 4.69) is 56.3 Å². The Hall–Kier alpha value is -1.76. The second-order valence-electron chi connectivity index (χ2n) is 8.88. The minimum absolute atomic E-state index is 0.825. The first kappa shape index (κ1) is 21.9. The third kappa shape index (κ3) is 6.91. The quantitative estimate of drug-likeness (QED) is 0.329. The molecular weight excluding hydrogens is 352 g/mol. The van der Waals surface area contributed by atoms with Crippen molar-refractivity contribution in [2.45, 2.75) is 90.9 Å². The van der Waals surface area contributed by atoms with Gasteiger partial charge in [-0.05, 0) is 66.0 Å². The monoisotopic (exact) mass is 392 g/mol. The van der Waals surface area contributed by atoms with Crippen LogP contribution in [-0.2, 0) is 12.8 Å². The van der Waals surface area contributed by atoms with E-state index >= 15 is 0 Å². The molecule has 2 aromatic rings. The molecule has 1 unspecified atom stereocenters. The second kappa shape index (κ2) is 12.1. The van der Waals surface area contributed by atoms with Crippen LogP contribution in [0, 0.1) is 5.92 Å². The Morgan fingerprint density at radius 3 is 2.28 bits per heavy atom. The van der Waals surface area contributed by atoms with Crippen LogP contribution in [0.25, 0.3) is 11.1 Å². The van der Waals surface area contributed by atoms with Gasteiger partial charge in [0, 0.05) is 0 Å². The van der Waals surface area contributed by atoms with Crippen molar-refractivity contribution in [1.82, 2.24) is 0 Å². The van der Waals surface area contributed by atoms with Crippen molar-refractivity contribution < 1.29 is 4.74 Å². The van der Waals surface area contributed by atoms with Gasteiger partial charge in [-0.1, -0.05) is 95.5 Å². The van der Waals surface area contributed by atoms with Crippen molar-refractivity contribution in [3.05, 3.63) is 53.6 Å². The summed E-state index contributed by atoms with van der Waals surface area (Å²) in [6.07, 6.45) is 16.0. The first-order chi connectivity index (χ1) is 14.3. The van der Waals surface area contributed by atoms with Crippen LogP contribution in [-0.4, -0.2) is 6.61 Å². The number of aryl methyl sites for hydroxylation is 1. The van der Waals surface area contributed by atoms with Gasteiger partial charge in [-0.2, -0.15) is 0 Å². The summed E-state index contributed by atoms with van der Waals surface area (Å²) in [4.78, 5) is 0. The first-order valence-electron chi connectivity index (χ1n) is 12.1. The molecule has 1 heteroatoms. The lowest BCUT2D eigenvalue weighted by Crippen LogP contribution is -2.14. The van der Waals surface area contributed by atoms with Crippen LogP contribution in [0.4, 0.5) is 0 Å². The number of benzene rings is 2. The second-order valence-corrected chi connectivity index (χ2v) is 8.88. The van der Waals surface area contributed by atoms with E-state index in [-0.39, 0.29) is 0 Å². The number of hydrogen-bond donors (Lipinski definition) is 0. The van der Waals surface area contributed by atoms with Crippen LogP contribution in [0.15, 0.2) is 42.5 Å². The predicted molar refractivity (Wildman–Crippen MR) is 126 cm³/mol. The molecule has 0 aliphatic heterocycles. The number of rotatable bonds is 12. The normalized spacial score (nSPS) is 15.9. The topological polar surface area (TPSA) is 9.23 Å². The molecule has 0 radical (unpaired) electrons. The minimum atomic E-state index is 0.825. The highest BCUT2D eigenvalue weighted by molar-refractivity contribution is 5.66. The smallest absolute Gasteiger partial charge is 0.119 e. The van der Waals surface area contributed by atoms with Gasteiger partial charge in [-0.15, -0.1) is 0 Å². The van der Waals surface area contributed by atoms with Crippen molar-refractivity contribution >= 4 is 0 Å². The SMILES string of the molecule is CCCCCCCC1CCc2cc(-c3ccc(OCCCCC)cc3)ccc2C1. The molecule has 2 aromatic carbocycles. The van der Waals surface area contributed by atoms with Crippen LogP contribution in [0.3, 0.4) is 0 Å². The average molecular weight is 393 g/mol. The molecule has 0 aromatic heterocycles. The number of fused-ring (bicyclic) bond motifs is 1. The lowest BCUT2D eigenvalue weighted by atomic mass is 9.80. The maximum atomic E-state index is 5.86. The fourth-order valence-corrected chi connectivity index (χ4v) is 4.58. The molecule has 1 nitrogen and oxygen atoms in total. The molecule has 3 rings (SSSR count). The molecule has 0 fully saturated rings. The van der Waals surface area contributed by atoms with Gasteiger partial charge in [0.1, 0.15) is 5.75 Å². The summed E-state index contributed by atoms with van der Waals surface area (Å²) in [7, 11) is 0. The van der Waals surface area contributed by atoms with Gasteiger partial charge >= 0.3 is 0 Å². The molecule has 29 heavy (non-hydrogen) atoms. The molecule has 0 spiro atoms. The Morgan fingerprint density at radius 1 is 0.759 bits per heavy atom. The van der Waals surface area contributed by atoms with Crippen molar-refractivity contribution in [3.8, 4) is 16.9 Å². The zero-order chi connectivity index (χ0) is 20.3. The standard InChI is InChI=1S/C28H40O/c1-3-5-7-8-9-11-23-12-13-27-22-26(15-14-25(27)21-23)24-16-18-28(19-17-24)29-20-10-6-4-2/h14-19,22-23H,3-13,20-21H2,1-2H3. The maximum absolute atomic E-state index is 5.86. The van der Waals surface area contributed by atoms with Crippen LogP contribution < -0.4 is 4.74 Å². The van der Waals surface area contributed by atoms with E-state index in [4.69, 9.17) is 4.74 Å². The summed E-state index contributed by atoms with van der Waals surface area (Å²) < 4.78 is 5.86. The van der Waals surface area contributed by atoms with E-state index < -0.39 is 0 Å². The highest BCUT2D eigenvalue weighted by Crippen LogP contribution is 2.32. The minimum Gasteiger partial charge on any atom is -0.494 e. The Balaban J connectivity index is 1.52. The summed E-state index contributed by atoms with van der Waals surface area (Å²) in [5.41, 5.74) is 5.81. The highest BCUT2D eigenvalue weighted by Gasteiger charge is 2.18. The van der Waals surface area contributed by atoms with Gasteiger partial charge in [-0.25, -0.2) is 0 Å². The Kier molecular flexibility index (Phi) is 9.12. The summed E-state index contributed by atoms with van der Waals surface area (Å²) >= 11 is 0. The van der Waals surface area contributed by atoms with Crippen LogP contribution >= 0.6 is 0 Å². The van der Waals surface area contributed by atoms with E-state index in [1.54, 1.807) is 11.1 Å². The zero-order valence-corrected chi connectivity index (χ0v) is 18.7. The summed E-state index contributed by atoms with van der Waals surface area (Å²) in [5, 5.41) is 0. The van der Waals surface area contributed by atoms with Gasteiger partial charge in [0.25, 0.3) is 0 Å². The van der Waals surface area contributed by atoms with Crippen molar-refractivity contribution in [3.63, 3.8) is 0 Å². The maximum Gasteiger partial charge on any atom is 0.119 e. The van der Waals surface area contributed by atoms with Crippen molar-refractivity contribution in [2.24, 2.45) is 5.92 Å². The van der Waals surface area contributed by atoms with Crippen LogP contribution in [0.2, 0.25) is 0 Å². The summed E-state index contributed by atoms with van der Waals surface area (Å²) in [6.45, 7) is 5.34. The molecule has 1 aliphatic carbocycles. The molecular formula is C28H40O. The van der Waals surface area contributed by atoms with Gasteiger partial charge < -0.3 is 4.74 Å².